The first-order chi connectivity index (χ1) is 12.0. The highest BCUT2D eigenvalue weighted by atomic mass is 14.0. The van der Waals surface area contributed by atoms with Gasteiger partial charge in [0.2, 0.25) is 0 Å². The number of benzene rings is 1. The van der Waals surface area contributed by atoms with Crippen molar-refractivity contribution >= 4 is 0 Å². The van der Waals surface area contributed by atoms with Gasteiger partial charge < -0.3 is 0 Å². The van der Waals surface area contributed by atoms with Crippen LogP contribution in [0.15, 0.2) is 36.4 Å². The van der Waals surface area contributed by atoms with E-state index < -0.39 is 0 Å². The molecule has 0 atom stereocenters. The van der Waals surface area contributed by atoms with Gasteiger partial charge in [0.1, 0.15) is 0 Å². The average molecular weight is 331 g/mol. The largest absolute Gasteiger partial charge is 0.0623 e. The van der Waals surface area contributed by atoms with Crippen molar-refractivity contribution in [2.24, 2.45) is 0 Å². The van der Waals surface area contributed by atoms with Gasteiger partial charge in [-0.05, 0) is 0 Å². The minimum Gasteiger partial charge on any atom is -0.0623 e. The summed E-state index contributed by atoms with van der Waals surface area (Å²) in [6.45, 7) is 0. The van der Waals surface area contributed by atoms with Gasteiger partial charge in [0.15, 0.2) is 0 Å². The van der Waals surface area contributed by atoms with Crippen LogP contribution in [0.2, 0.25) is 0 Å². The summed E-state index contributed by atoms with van der Waals surface area (Å²) in [5.74, 6) is 0. The predicted molar refractivity (Wildman–Crippen MR) is 110 cm³/mol. The van der Waals surface area contributed by atoms with Crippen molar-refractivity contribution in [1.82, 2.24) is 0 Å². The molecule has 0 aromatic heterocycles. The minimum atomic E-state index is 1.50. The van der Waals surface area contributed by atoms with Crippen molar-refractivity contribution in [3.8, 4) is 0 Å². The van der Waals surface area contributed by atoms with Crippen LogP contribution in [0.25, 0.3) is 0 Å². The Balaban J connectivity index is 0.000000153. The topological polar surface area (TPSA) is 0 Å². The number of rotatable bonds is 0. The van der Waals surface area contributed by atoms with Gasteiger partial charge in [-0.3, -0.25) is 0 Å². The van der Waals surface area contributed by atoms with Crippen molar-refractivity contribution in [1.29, 1.82) is 0 Å². The molecule has 1 aromatic rings. The molecule has 0 aliphatic heterocycles. The molecule has 1 aromatic carbocycles. The van der Waals surface area contributed by atoms with Gasteiger partial charge in [-0.25, -0.2) is 0 Å². The van der Waals surface area contributed by atoms with E-state index in [1.54, 1.807) is 0 Å². The maximum Gasteiger partial charge on any atom is -0.0533 e. The highest BCUT2D eigenvalue weighted by molar-refractivity contribution is 4.99. The summed E-state index contributed by atoms with van der Waals surface area (Å²) in [5, 5.41) is 0. The minimum absolute atomic E-state index is 1.50. The summed E-state index contributed by atoms with van der Waals surface area (Å²) in [4.78, 5) is 0. The lowest BCUT2D eigenvalue weighted by Gasteiger charge is -2.05. The van der Waals surface area contributed by atoms with E-state index in [-0.39, 0.29) is 0 Å². The third-order valence-corrected chi connectivity index (χ3v) is 4.77. The van der Waals surface area contributed by atoms with Gasteiger partial charge in [-0.1, -0.05) is 152 Å². The van der Waals surface area contributed by atoms with Gasteiger partial charge >= 0.3 is 0 Å². The third kappa shape index (κ3) is 19.3. The van der Waals surface area contributed by atoms with Crippen molar-refractivity contribution in [3.63, 3.8) is 0 Å². The SMILES string of the molecule is C1CC1.C1CCC1.C1CCCC1.C1CCCCC1.c1ccccc1. The van der Waals surface area contributed by atoms with E-state index in [4.69, 9.17) is 0 Å². The molecule has 0 unspecified atom stereocenters. The summed E-state index contributed by atoms with van der Waals surface area (Å²) in [6, 6.07) is 12.0. The molecule has 0 spiro atoms. The molecule has 0 N–H and O–H groups in total. The van der Waals surface area contributed by atoms with Crippen LogP contribution >= 0.6 is 0 Å². The van der Waals surface area contributed by atoms with E-state index in [1.807, 2.05) is 36.4 Å². The van der Waals surface area contributed by atoms with Gasteiger partial charge in [0, 0.05) is 0 Å². The normalized spacial score (nSPS) is 20.0. The van der Waals surface area contributed by atoms with Gasteiger partial charge in [-0.15, -0.1) is 0 Å². The molecule has 0 nitrogen and oxygen atoms in total. The van der Waals surface area contributed by atoms with Crippen LogP contribution in [0.5, 0.6) is 0 Å². The third-order valence-electron chi connectivity index (χ3n) is 4.77. The van der Waals surface area contributed by atoms with Gasteiger partial charge in [0.05, 0.1) is 0 Å². The summed E-state index contributed by atoms with van der Waals surface area (Å²) in [7, 11) is 0. The monoisotopic (exact) mass is 330 g/mol. The zero-order valence-corrected chi connectivity index (χ0v) is 16.2. The standard InChI is InChI=1S/C6H12.C6H6.C5H10.C4H8.C3H6/c2*1-2-4-6-5-3-1;1-2-4-5-3-1;1-2-4-3-1;1-2-3-1/h1-6H2;1-6H;1-5H2;1-4H2;1-3H2. The zero-order valence-electron chi connectivity index (χ0n) is 16.2. The molecule has 5 rings (SSSR count). The van der Waals surface area contributed by atoms with Crippen molar-refractivity contribution in [3.05, 3.63) is 36.4 Å². The molecule has 0 amide bonds. The van der Waals surface area contributed by atoms with Crippen LogP contribution in [0.3, 0.4) is 0 Å². The van der Waals surface area contributed by atoms with Crippen LogP contribution < -0.4 is 0 Å². The van der Waals surface area contributed by atoms with Crippen molar-refractivity contribution < 1.29 is 0 Å². The van der Waals surface area contributed by atoms with Crippen LogP contribution in [-0.4, -0.2) is 0 Å². The Morgan fingerprint density at radius 2 is 0.250 bits per heavy atom. The Morgan fingerprint density at radius 3 is 0.333 bits per heavy atom. The molecule has 4 fully saturated rings. The molecule has 4 saturated carbocycles. The van der Waals surface area contributed by atoms with Crippen LogP contribution in [0, 0.1) is 0 Å². The van der Waals surface area contributed by atoms with Gasteiger partial charge in [-0.2, -0.15) is 0 Å². The van der Waals surface area contributed by atoms with E-state index in [2.05, 4.69) is 0 Å². The molecular weight excluding hydrogens is 288 g/mol. The summed E-state index contributed by atoms with van der Waals surface area (Å²) < 4.78 is 0. The van der Waals surface area contributed by atoms with Crippen LogP contribution in [-0.2, 0) is 0 Å². The van der Waals surface area contributed by atoms with Crippen LogP contribution in [0.1, 0.15) is 116 Å². The number of hydrogen-bond donors (Lipinski definition) is 0. The summed E-state index contributed by atoms with van der Waals surface area (Å²) in [5.41, 5.74) is 0. The maximum atomic E-state index is 2.00. The molecule has 0 saturated heterocycles. The molecule has 24 heavy (non-hydrogen) atoms. The van der Waals surface area contributed by atoms with E-state index in [0.29, 0.717) is 0 Å². The summed E-state index contributed by atoms with van der Waals surface area (Å²) >= 11 is 0. The molecule has 4 aliphatic rings. The zero-order chi connectivity index (χ0) is 17.0. The first-order valence-electron chi connectivity index (χ1n) is 11.0. The second kappa shape index (κ2) is 18.6. The fourth-order valence-electron chi connectivity index (χ4n) is 2.58. The lowest BCUT2D eigenvalue weighted by Crippen LogP contribution is -1.85. The summed E-state index contributed by atoms with van der Waals surface area (Å²) in [6.07, 6.45) is 27.0. The smallest absolute Gasteiger partial charge is 0.0533 e. The fourth-order valence-corrected chi connectivity index (χ4v) is 2.58. The Labute approximate surface area is 152 Å². The maximum absolute atomic E-state index is 2.00. The van der Waals surface area contributed by atoms with Gasteiger partial charge in [0.25, 0.3) is 0 Å². The fraction of sp³-hybridized carbons (Fsp3) is 0.750. The van der Waals surface area contributed by atoms with E-state index in [1.165, 1.54) is 116 Å². The highest BCUT2D eigenvalue weighted by Gasteiger charge is 1.96. The Bertz CT molecular complexity index is 249. The highest BCUT2D eigenvalue weighted by Crippen LogP contribution is 2.16. The molecule has 0 heterocycles. The lowest BCUT2D eigenvalue weighted by molar-refractivity contribution is 0.504. The van der Waals surface area contributed by atoms with Crippen LogP contribution in [0.4, 0.5) is 0 Å². The Morgan fingerprint density at radius 1 is 0.167 bits per heavy atom. The van der Waals surface area contributed by atoms with E-state index in [9.17, 15) is 0 Å². The Kier molecular flexibility index (Phi) is 16.4. The second-order valence-electron chi connectivity index (χ2n) is 7.52. The van der Waals surface area contributed by atoms with Crippen molar-refractivity contribution in [2.45, 2.75) is 116 Å². The quantitative estimate of drug-likeness (QED) is 0.446. The molecular formula is C24H42. The molecule has 4 aliphatic carbocycles. The Hall–Kier alpha value is -0.780. The number of hydrogen-bond acceptors (Lipinski definition) is 0. The predicted octanol–water partition coefficient (Wildman–Crippen LogP) is 8.71. The van der Waals surface area contributed by atoms with Crippen molar-refractivity contribution in [2.75, 3.05) is 0 Å². The average Bonchev–Trinajstić information content (AvgIpc) is 3.38. The van der Waals surface area contributed by atoms with E-state index in [0.717, 1.165) is 0 Å². The molecule has 0 bridgehead atoms. The lowest BCUT2D eigenvalue weighted by atomic mass is 10.0. The molecule has 138 valence electrons. The molecule has 0 heteroatoms. The first kappa shape index (κ1) is 21.3. The van der Waals surface area contributed by atoms with E-state index >= 15 is 0 Å². The first-order valence-corrected chi connectivity index (χ1v) is 11.0. The second-order valence-corrected chi connectivity index (χ2v) is 7.52. The molecule has 0 radical (unpaired) electrons.